The van der Waals surface area contributed by atoms with E-state index in [-0.39, 0.29) is 17.9 Å². The first-order chi connectivity index (χ1) is 8.99. The van der Waals surface area contributed by atoms with Gasteiger partial charge in [0.25, 0.3) is 0 Å². The molecule has 0 aromatic heterocycles. The molecule has 0 heterocycles. The van der Waals surface area contributed by atoms with Gasteiger partial charge in [-0.15, -0.1) is 0 Å². The van der Waals surface area contributed by atoms with Crippen LogP contribution < -0.4 is 4.72 Å². The molecule has 0 aliphatic carbocycles. The molecule has 0 spiro atoms. The number of methoxy groups -OCH3 is 1. The SMILES string of the molecule is COCC(CCC#N)NS(=O)(=O)c1ccc(C)cc1. The standard InChI is InChI=1S/C13H18N2O3S/c1-11-5-7-13(8-6-11)19(16,17)15-12(10-18-2)4-3-9-14/h5-8,12,15H,3-4,10H2,1-2H3. The van der Waals surface area contributed by atoms with E-state index >= 15 is 0 Å². The number of aryl methyl sites for hydroxylation is 1. The van der Waals surface area contributed by atoms with Gasteiger partial charge in [0.15, 0.2) is 0 Å². The third-order valence-corrected chi connectivity index (χ3v) is 4.16. The third kappa shape index (κ3) is 4.99. The average Bonchev–Trinajstić information content (AvgIpc) is 2.36. The van der Waals surface area contributed by atoms with Crippen molar-refractivity contribution in [2.45, 2.75) is 30.7 Å². The average molecular weight is 282 g/mol. The molecule has 0 amide bonds. The van der Waals surface area contributed by atoms with Crippen molar-refractivity contribution in [2.24, 2.45) is 0 Å². The highest BCUT2D eigenvalue weighted by atomic mass is 32.2. The predicted molar refractivity (Wildman–Crippen MR) is 72.0 cm³/mol. The number of nitrogens with one attached hydrogen (secondary N) is 1. The second-order valence-electron chi connectivity index (χ2n) is 4.28. The van der Waals surface area contributed by atoms with E-state index in [1.54, 1.807) is 24.3 Å². The van der Waals surface area contributed by atoms with Crippen LogP contribution in [-0.2, 0) is 14.8 Å². The van der Waals surface area contributed by atoms with Gasteiger partial charge in [-0.25, -0.2) is 13.1 Å². The molecule has 6 heteroatoms. The number of rotatable bonds is 7. The number of ether oxygens (including phenoxy) is 1. The van der Waals surface area contributed by atoms with E-state index in [2.05, 4.69) is 4.72 Å². The maximum Gasteiger partial charge on any atom is 0.240 e. The van der Waals surface area contributed by atoms with Gasteiger partial charge >= 0.3 is 0 Å². The zero-order chi connectivity index (χ0) is 14.3. The number of benzene rings is 1. The van der Waals surface area contributed by atoms with Crippen molar-refractivity contribution in [2.75, 3.05) is 13.7 Å². The molecule has 1 atom stereocenters. The van der Waals surface area contributed by atoms with E-state index in [0.717, 1.165) is 5.56 Å². The lowest BCUT2D eigenvalue weighted by atomic mass is 10.2. The first-order valence-corrected chi connectivity index (χ1v) is 7.43. The van der Waals surface area contributed by atoms with Crippen molar-refractivity contribution in [3.05, 3.63) is 29.8 Å². The number of hydrogen-bond donors (Lipinski definition) is 1. The topological polar surface area (TPSA) is 79.2 Å². The van der Waals surface area contributed by atoms with Crippen molar-refractivity contribution in [1.29, 1.82) is 5.26 Å². The minimum Gasteiger partial charge on any atom is -0.383 e. The molecular formula is C13H18N2O3S. The molecule has 19 heavy (non-hydrogen) atoms. The number of hydrogen-bond acceptors (Lipinski definition) is 4. The highest BCUT2D eigenvalue weighted by Crippen LogP contribution is 2.11. The van der Waals surface area contributed by atoms with Gasteiger partial charge in [0.1, 0.15) is 0 Å². The summed E-state index contributed by atoms with van der Waals surface area (Å²) in [4.78, 5) is 0.219. The Labute approximate surface area is 114 Å². The van der Waals surface area contributed by atoms with E-state index in [1.807, 2.05) is 13.0 Å². The van der Waals surface area contributed by atoms with Gasteiger partial charge in [0, 0.05) is 19.6 Å². The highest BCUT2D eigenvalue weighted by molar-refractivity contribution is 7.89. The molecule has 0 radical (unpaired) electrons. The maximum absolute atomic E-state index is 12.1. The fraction of sp³-hybridized carbons (Fsp3) is 0.462. The minimum atomic E-state index is -3.57. The Morgan fingerprint density at radius 2 is 2.00 bits per heavy atom. The molecule has 104 valence electrons. The monoisotopic (exact) mass is 282 g/mol. The lowest BCUT2D eigenvalue weighted by Crippen LogP contribution is -2.37. The normalized spacial score (nSPS) is 12.9. The van der Waals surface area contributed by atoms with E-state index in [0.29, 0.717) is 6.42 Å². The lowest BCUT2D eigenvalue weighted by Gasteiger charge is -2.16. The van der Waals surface area contributed by atoms with E-state index in [1.165, 1.54) is 7.11 Å². The van der Waals surface area contributed by atoms with Gasteiger partial charge in [-0.05, 0) is 25.5 Å². The summed E-state index contributed by atoms with van der Waals surface area (Å²) < 4.78 is 31.8. The van der Waals surface area contributed by atoms with Gasteiger partial charge in [0.2, 0.25) is 10.0 Å². The van der Waals surface area contributed by atoms with Crippen LogP contribution in [0.4, 0.5) is 0 Å². The van der Waals surface area contributed by atoms with Gasteiger partial charge < -0.3 is 4.74 Å². The van der Waals surface area contributed by atoms with Gasteiger partial charge in [-0.3, -0.25) is 0 Å². The molecule has 0 saturated carbocycles. The smallest absolute Gasteiger partial charge is 0.240 e. The minimum absolute atomic E-state index is 0.219. The van der Waals surface area contributed by atoms with Crippen molar-refractivity contribution < 1.29 is 13.2 Å². The molecule has 0 fully saturated rings. The summed E-state index contributed by atoms with van der Waals surface area (Å²) in [6.45, 7) is 2.14. The Bertz CT molecular complexity index is 532. The molecule has 1 unspecified atom stereocenters. The van der Waals surface area contributed by atoms with E-state index in [9.17, 15) is 8.42 Å². The van der Waals surface area contributed by atoms with Crippen LogP contribution in [0.3, 0.4) is 0 Å². The summed E-state index contributed by atoms with van der Waals surface area (Å²) in [6.07, 6.45) is 0.708. The lowest BCUT2D eigenvalue weighted by molar-refractivity contribution is 0.172. The van der Waals surface area contributed by atoms with Crippen LogP contribution in [0.1, 0.15) is 18.4 Å². The van der Waals surface area contributed by atoms with Gasteiger partial charge in [-0.1, -0.05) is 17.7 Å². The van der Waals surface area contributed by atoms with E-state index in [4.69, 9.17) is 10.00 Å². The summed E-state index contributed by atoms with van der Waals surface area (Å²) in [6, 6.07) is 8.22. The molecule has 0 saturated heterocycles. The van der Waals surface area contributed by atoms with Gasteiger partial charge in [0.05, 0.1) is 17.6 Å². The predicted octanol–water partition coefficient (Wildman–Crippen LogP) is 1.59. The molecule has 0 aliphatic heterocycles. The molecule has 1 rings (SSSR count). The van der Waals surface area contributed by atoms with Crippen molar-refractivity contribution in [3.8, 4) is 6.07 Å². The number of nitrogens with zero attached hydrogens (tertiary/aromatic N) is 1. The quantitative estimate of drug-likeness (QED) is 0.823. The maximum atomic E-state index is 12.1. The Kier molecular flexibility index (Phi) is 5.96. The third-order valence-electron chi connectivity index (χ3n) is 2.63. The van der Waals surface area contributed by atoms with Crippen LogP contribution >= 0.6 is 0 Å². The number of nitriles is 1. The Hall–Kier alpha value is -1.42. The van der Waals surface area contributed by atoms with Crippen LogP contribution in [-0.4, -0.2) is 28.2 Å². The number of sulfonamides is 1. The van der Waals surface area contributed by atoms with Crippen LogP contribution in [0.25, 0.3) is 0 Å². The van der Waals surface area contributed by atoms with E-state index < -0.39 is 16.1 Å². The van der Waals surface area contributed by atoms with Crippen LogP contribution in [0.15, 0.2) is 29.2 Å². The summed E-state index contributed by atoms with van der Waals surface area (Å²) in [7, 11) is -2.07. The van der Waals surface area contributed by atoms with Crippen molar-refractivity contribution in [3.63, 3.8) is 0 Å². The van der Waals surface area contributed by atoms with Gasteiger partial charge in [-0.2, -0.15) is 5.26 Å². The molecule has 5 nitrogen and oxygen atoms in total. The first kappa shape index (κ1) is 15.6. The highest BCUT2D eigenvalue weighted by Gasteiger charge is 2.19. The largest absolute Gasteiger partial charge is 0.383 e. The summed E-state index contributed by atoms with van der Waals surface area (Å²) in [5, 5.41) is 8.56. The molecule has 0 aliphatic rings. The van der Waals surface area contributed by atoms with Crippen molar-refractivity contribution in [1.82, 2.24) is 4.72 Å². The molecule has 1 N–H and O–H groups in total. The summed E-state index contributed by atoms with van der Waals surface area (Å²) >= 11 is 0. The molecule has 1 aromatic rings. The second kappa shape index (κ2) is 7.24. The zero-order valence-corrected chi connectivity index (χ0v) is 11.9. The fourth-order valence-corrected chi connectivity index (χ4v) is 2.88. The molecule has 1 aromatic carbocycles. The van der Waals surface area contributed by atoms with Crippen molar-refractivity contribution >= 4 is 10.0 Å². The van der Waals surface area contributed by atoms with Crippen LogP contribution in [0.2, 0.25) is 0 Å². The fourth-order valence-electron chi connectivity index (χ4n) is 1.62. The zero-order valence-electron chi connectivity index (χ0n) is 11.1. The summed E-state index contributed by atoms with van der Waals surface area (Å²) in [5.74, 6) is 0. The Morgan fingerprint density at radius 1 is 1.37 bits per heavy atom. The Morgan fingerprint density at radius 3 is 2.53 bits per heavy atom. The van der Waals surface area contributed by atoms with Crippen LogP contribution in [0, 0.1) is 18.3 Å². The first-order valence-electron chi connectivity index (χ1n) is 5.94. The molecule has 0 bridgehead atoms. The van der Waals surface area contributed by atoms with Crippen LogP contribution in [0.5, 0.6) is 0 Å². The Balaban J connectivity index is 2.81. The second-order valence-corrected chi connectivity index (χ2v) is 6.00. The molecular weight excluding hydrogens is 264 g/mol. The summed E-state index contributed by atoms with van der Waals surface area (Å²) in [5.41, 5.74) is 0.997.